The molecule has 3 saturated carbocycles. The molecule has 5 amide bonds. The molecule has 4 fully saturated rings. The Morgan fingerprint density at radius 1 is 0.955 bits per heavy atom. The fourth-order valence-electron chi connectivity index (χ4n) is 11.4. The number of anilines is 1. The highest BCUT2D eigenvalue weighted by molar-refractivity contribution is 8.13. The lowest BCUT2D eigenvalue weighted by atomic mass is 9.44. The van der Waals surface area contributed by atoms with Crippen LogP contribution in [0.4, 0.5) is 18.9 Å². The minimum atomic E-state index is -2.26. The first kappa shape index (κ1) is 47.1. The van der Waals surface area contributed by atoms with Gasteiger partial charge >= 0.3 is 0 Å². The lowest BCUT2D eigenvalue weighted by Gasteiger charge is -2.63. The monoisotopic (exact) mass is 930 g/mol. The maximum absolute atomic E-state index is 17.9. The van der Waals surface area contributed by atoms with Crippen molar-refractivity contribution in [2.24, 2.45) is 22.7 Å². The molecule has 2 aromatic rings. The van der Waals surface area contributed by atoms with Crippen LogP contribution < -0.4 is 16.0 Å². The van der Waals surface area contributed by atoms with Gasteiger partial charge < -0.3 is 30.5 Å². The van der Waals surface area contributed by atoms with Gasteiger partial charge in [-0.15, -0.1) is 0 Å². The van der Waals surface area contributed by atoms with Crippen molar-refractivity contribution in [1.29, 1.82) is 0 Å². The van der Waals surface area contributed by atoms with E-state index >= 15 is 8.78 Å². The van der Waals surface area contributed by atoms with E-state index in [0.717, 1.165) is 28.2 Å². The molecular formula is C49H53F3N4O9S. The number of benzene rings is 2. The zero-order chi connectivity index (χ0) is 47.5. The van der Waals surface area contributed by atoms with E-state index in [9.17, 15) is 38.3 Å². The first-order valence-electron chi connectivity index (χ1n) is 22.1. The summed E-state index contributed by atoms with van der Waals surface area (Å²) in [4.78, 5) is 76.8. The van der Waals surface area contributed by atoms with Crippen molar-refractivity contribution in [1.82, 2.24) is 15.5 Å². The minimum Gasteiger partial charge on any atom is -0.390 e. The number of fused-ring (bicyclic) bond motifs is 7. The fourth-order valence-corrected chi connectivity index (χ4v) is 12.1. The number of rotatable bonds is 13. The number of carbonyl (C=O) groups excluding carboxylic acids is 6. The van der Waals surface area contributed by atoms with Crippen LogP contribution in [-0.4, -0.2) is 98.9 Å². The molecule has 1 saturated heterocycles. The Hall–Kier alpha value is -5.36. The zero-order valence-electron chi connectivity index (χ0n) is 37.0. The molecule has 66 heavy (non-hydrogen) atoms. The first-order chi connectivity index (χ1) is 31.2. The van der Waals surface area contributed by atoms with Crippen LogP contribution in [0.25, 0.3) is 0 Å². The van der Waals surface area contributed by atoms with Gasteiger partial charge in [0.15, 0.2) is 17.6 Å². The molecule has 4 aliphatic carbocycles. The van der Waals surface area contributed by atoms with Crippen LogP contribution in [0.15, 0.2) is 96.6 Å². The lowest BCUT2D eigenvalue weighted by molar-refractivity contribution is -0.232. The van der Waals surface area contributed by atoms with Gasteiger partial charge in [0.25, 0.3) is 11.8 Å². The summed E-state index contributed by atoms with van der Waals surface area (Å²) >= 11 is 0.448. The molecule has 0 unspecified atom stereocenters. The third kappa shape index (κ3) is 7.84. The number of nitrogens with one attached hydrogen (secondary N) is 3. The van der Waals surface area contributed by atoms with E-state index in [0.29, 0.717) is 35.0 Å². The van der Waals surface area contributed by atoms with Crippen LogP contribution in [0.1, 0.15) is 76.4 Å². The van der Waals surface area contributed by atoms with Crippen molar-refractivity contribution in [3.63, 3.8) is 0 Å². The predicted octanol–water partition coefficient (Wildman–Crippen LogP) is 5.80. The molecular weight excluding hydrogens is 878 g/mol. The molecule has 17 heteroatoms. The van der Waals surface area contributed by atoms with Crippen LogP contribution in [0.2, 0.25) is 0 Å². The number of imide groups is 1. The van der Waals surface area contributed by atoms with Gasteiger partial charge in [0.2, 0.25) is 22.8 Å². The highest BCUT2D eigenvalue weighted by Gasteiger charge is 2.80. The van der Waals surface area contributed by atoms with Crippen LogP contribution >= 0.6 is 11.8 Å². The number of aliphatic hydroxyl groups is 1. The van der Waals surface area contributed by atoms with Crippen molar-refractivity contribution in [3.8, 4) is 0 Å². The third-order valence-corrected chi connectivity index (χ3v) is 15.5. The van der Waals surface area contributed by atoms with Gasteiger partial charge in [-0.25, -0.2) is 13.2 Å². The third-order valence-electron chi connectivity index (χ3n) is 14.8. The highest BCUT2D eigenvalue weighted by Crippen LogP contribution is 2.73. The largest absolute Gasteiger partial charge is 0.390 e. The van der Waals surface area contributed by atoms with Crippen molar-refractivity contribution < 1.29 is 56.5 Å². The molecule has 350 valence electrons. The van der Waals surface area contributed by atoms with Gasteiger partial charge in [0.1, 0.15) is 24.3 Å². The second-order valence-electron chi connectivity index (χ2n) is 18.7. The molecule has 12 atom stereocenters. The normalized spacial score (nSPS) is 33.8. The van der Waals surface area contributed by atoms with Gasteiger partial charge in [0, 0.05) is 53.1 Å². The second-order valence-corrected chi connectivity index (χ2v) is 19.5. The van der Waals surface area contributed by atoms with Gasteiger partial charge in [-0.1, -0.05) is 79.9 Å². The number of nitrogens with zero attached hydrogens (tertiary/aromatic N) is 1. The van der Waals surface area contributed by atoms with Gasteiger partial charge in [-0.3, -0.25) is 33.7 Å². The second kappa shape index (κ2) is 17.7. The van der Waals surface area contributed by atoms with E-state index in [4.69, 9.17) is 9.47 Å². The summed E-state index contributed by atoms with van der Waals surface area (Å²) < 4.78 is 61.2. The van der Waals surface area contributed by atoms with E-state index in [2.05, 4.69) is 22.5 Å². The molecule has 13 nitrogen and oxygen atoms in total. The molecule has 2 heterocycles. The number of hydrogen-bond acceptors (Lipinski definition) is 10. The molecule has 0 aromatic heterocycles. The number of halogens is 3. The minimum absolute atomic E-state index is 0.135. The number of hydrogen-bond donors (Lipinski definition) is 4. The van der Waals surface area contributed by atoms with Crippen molar-refractivity contribution in [2.45, 2.75) is 108 Å². The average Bonchev–Trinajstić information content (AvgIpc) is 3.90. The summed E-state index contributed by atoms with van der Waals surface area (Å²) in [5.74, 6) is -4.33. The standard InChI is InChI=1S/C49H53F3N4O9S/c1-26-15-17-46(4)35(19-26)36(51)22-34-33-23-38-49(45(63)66-25-50,47(33,5)24-37(57)48(34,46)52)65-44(64-38)31-11-9-29(10-12-31)20-30-7-6-8-32(21-30)55-43(62)28(3)54-42(61)27(2)53-39(58)16-18-56-40(59)13-14-41(56)60/h6-15,17,19,21,27-28,33-34,36-38,44,57H,1,16,18,20,22-25H2,2-5H3,(H,53,58)(H,54,61)(H,55,62)/t27-,28-,33-,34-,36-,37-,38+,44+,46-,47-,48-,49-/m0/s1. The van der Waals surface area contributed by atoms with E-state index in [1.807, 2.05) is 18.2 Å². The van der Waals surface area contributed by atoms with Gasteiger partial charge in [-0.2, -0.15) is 0 Å². The Labute approximate surface area is 384 Å². The van der Waals surface area contributed by atoms with Gasteiger partial charge in [0.05, 0.1) is 12.2 Å². The van der Waals surface area contributed by atoms with E-state index in [-0.39, 0.29) is 37.8 Å². The Bertz CT molecular complexity index is 2450. The predicted molar refractivity (Wildman–Crippen MR) is 238 cm³/mol. The maximum atomic E-state index is 17.9. The summed E-state index contributed by atoms with van der Waals surface area (Å²) in [6.45, 7) is 10.1. The SMILES string of the molecule is C=C1C=C[C@@]2(C)C(=C1)[C@@H](F)C[C@H]1[C@@H]3C[C@H]4O[C@@H](c5ccc(Cc6cccc(NC(=O)[C@H](C)NC(=O)[C@H](C)NC(=O)CCN7C(=O)C=CC7=O)c6)cc5)O[C@@]4(C(=O)SCF)[C@@]3(C)C[C@H](O)[C@@]12F. The van der Waals surface area contributed by atoms with E-state index in [1.165, 1.54) is 13.8 Å². The van der Waals surface area contributed by atoms with Crippen LogP contribution in [0.3, 0.4) is 0 Å². The van der Waals surface area contributed by atoms with Crippen LogP contribution in [0.5, 0.6) is 0 Å². The van der Waals surface area contributed by atoms with E-state index < -0.39 is 111 Å². The number of allylic oxidation sites excluding steroid dienone is 5. The quantitative estimate of drug-likeness (QED) is 0.180. The number of amides is 5. The molecule has 2 aromatic carbocycles. The van der Waals surface area contributed by atoms with Crippen molar-refractivity contribution in [2.75, 3.05) is 17.9 Å². The van der Waals surface area contributed by atoms with Crippen molar-refractivity contribution >= 4 is 52.1 Å². The number of alkyl halides is 3. The van der Waals surface area contributed by atoms with Crippen LogP contribution in [-0.2, 0) is 44.7 Å². The molecule has 0 spiro atoms. The first-order valence-corrected chi connectivity index (χ1v) is 23.0. The van der Waals surface area contributed by atoms with Gasteiger partial charge in [-0.05, 0) is 86.8 Å². The van der Waals surface area contributed by atoms with Crippen molar-refractivity contribution in [3.05, 3.63) is 113 Å². The summed E-state index contributed by atoms with van der Waals surface area (Å²) in [7, 11) is 0. The number of carbonyl (C=O) groups is 6. The Kier molecular flexibility index (Phi) is 12.6. The summed E-state index contributed by atoms with van der Waals surface area (Å²) in [6.07, 6.45) is 1.96. The molecule has 2 aliphatic heterocycles. The Morgan fingerprint density at radius 3 is 2.35 bits per heavy atom. The zero-order valence-corrected chi connectivity index (χ0v) is 37.8. The number of aliphatic hydroxyl groups excluding tert-OH is 1. The maximum Gasteiger partial charge on any atom is 0.253 e. The highest BCUT2D eigenvalue weighted by atomic mass is 32.2. The number of thioether (sulfide) groups is 1. The Balaban J connectivity index is 0.896. The average molecular weight is 931 g/mol. The molecule has 8 rings (SSSR count). The summed E-state index contributed by atoms with van der Waals surface area (Å²) in [5, 5.41) is 19.1. The smallest absolute Gasteiger partial charge is 0.253 e. The molecule has 6 aliphatic rings. The fraction of sp³-hybridized carbons (Fsp3) is 0.469. The molecule has 0 bridgehead atoms. The lowest BCUT2D eigenvalue weighted by Crippen LogP contribution is -2.70. The summed E-state index contributed by atoms with van der Waals surface area (Å²) in [5.41, 5.74) is -3.14. The molecule has 4 N–H and O–H groups in total. The summed E-state index contributed by atoms with van der Waals surface area (Å²) in [6, 6.07) is 11.4. The molecule has 0 radical (unpaired) electrons. The van der Waals surface area contributed by atoms with Crippen LogP contribution in [0, 0.1) is 22.7 Å². The topological polar surface area (TPSA) is 180 Å². The number of ether oxygens (including phenoxy) is 2. The van der Waals surface area contributed by atoms with E-state index in [1.54, 1.807) is 62.4 Å². The Morgan fingerprint density at radius 2 is 1.65 bits per heavy atom.